The highest BCUT2D eigenvalue weighted by atomic mass is 15.3. The molecule has 0 radical (unpaired) electrons. The van der Waals surface area contributed by atoms with E-state index in [1.165, 1.54) is 5.69 Å². The molecule has 80 valence electrons. The van der Waals surface area contributed by atoms with Gasteiger partial charge in [0.05, 0.1) is 5.69 Å². The molecular weight excluding hydrogens is 176 g/mol. The summed E-state index contributed by atoms with van der Waals surface area (Å²) < 4.78 is 1.92. The second-order valence-corrected chi connectivity index (χ2v) is 3.68. The van der Waals surface area contributed by atoms with E-state index in [0.29, 0.717) is 6.04 Å². The van der Waals surface area contributed by atoms with E-state index in [2.05, 4.69) is 30.0 Å². The minimum atomic E-state index is 0.397. The summed E-state index contributed by atoms with van der Waals surface area (Å²) in [6, 6.07) is 2.46. The average molecular weight is 196 g/mol. The summed E-state index contributed by atoms with van der Waals surface area (Å²) in [5.74, 6) is 0. The Balaban J connectivity index is 2.56. The molecule has 0 fully saturated rings. The van der Waals surface area contributed by atoms with Crippen LogP contribution in [0.3, 0.4) is 0 Å². The van der Waals surface area contributed by atoms with Crippen LogP contribution in [0.5, 0.6) is 0 Å². The Labute approximate surface area is 85.7 Å². The predicted molar refractivity (Wildman–Crippen MR) is 57.9 cm³/mol. The van der Waals surface area contributed by atoms with Crippen LogP contribution in [0.2, 0.25) is 0 Å². The van der Waals surface area contributed by atoms with Gasteiger partial charge in [0.1, 0.15) is 0 Å². The average Bonchev–Trinajstić information content (AvgIpc) is 2.59. The van der Waals surface area contributed by atoms with E-state index in [1.54, 1.807) is 0 Å². The zero-order valence-corrected chi connectivity index (χ0v) is 9.27. The van der Waals surface area contributed by atoms with Crippen molar-refractivity contribution in [1.29, 1.82) is 0 Å². The van der Waals surface area contributed by atoms with Gasteiger partial charge in [-0.2, -0.15) is 5.10 Å². The number of nitrogens with zero attached hydrogens (tertiary/aromatic N) is 3. The van der Waals surface area contributed by atoms with E-state index in [1.807, 2.05) is 17.9 Å². The summed E-state index contributed by atoms with van der Waals surface area (Å²) in [5, 5.41) is 4.17. The summed E-state index contributed by atoms with van der Waals surface area (Å²) in [6.07, 6.45) is 2.88. The Hall–Kier alpha value is -0.870. The minimum Gasteiger partial charge on any atom is -0.330 e. The van der Waals surface area contributed by atoms with Crippen LogP contribution in [0, 0.1) is 0 Å². The molecular formula is C10H20N4. The molecule has 14 heavy (non-hydrogen) atoms. The van der Waals surface area contributed by atoms with Gasteiger partial charge in [-0.05, 0) is 39.5 Å². The van der Waals surface area contributed by atoms with E-state index in [4.69, 9.17) is 5.73 Å². The van der Waals surface area contributed by atoms with Crippen molar-refractivity contribution < 1.29 is 0 Å². The van der Waals surface area contributed by atoms with Gasteiger partial charge in [0, 0.05) is 19.3 Å². The number of hydrogen-bond donors (Lipinski definition) is 1. The van der Waals surface area contributed by atoms with Gasteiger partial charge in [0.25, 0.3) is 0 Å². The van der Waals surface area contributed by atoms with Gasteiger partial charge in [0.2, 0.25) is 0 Å². The highest BCUT2D eigenvalue weighted by Crippen LogP contribution is 2.17. The van der Waals surface area contributed by atoms with Crippen LogP contribution in [0.4, 0.5) is 0 Å². The first-order valence-electron chi connectivity index (χ1n) is 5.05. The van der Waals surface area contributed by atoms with E-state index >= 15 is 0 Å². The minimum absolute atomic E-state index is 0.397. The van der Waals surface area contributed by atoms with Crippen LogP contribution < -0.4 is 5.73 Å². The standard InChI is InChI=1S/C10H20N4/c1-9(13(2)8-4-6-11)10-5-7-12-14(10)3/h5,7,9H,4,6,8,11H2,1-3H3. The molecule has 1 rings (SSSR count). The van der Waals surface area contributed by atoms with Crippen LogP contribution in [0.25, 0.3) is 0 Å². The lowest BCUT2D eigenvalue weighted by atomic mass is 10.2. The summed E-state index contributed by atoms with van der Waals surface area (Å²) in [5.41, 5.74) is 6.72. The Kier molecular flexibility index (Phi) is 4.10. The highest BCUT2D eigenvalue weighted by molar-refractivity contribution is 5.05. The fourth-order valence-electron chi connectivity index (χ4n) is 1.55. The molecule has 0 bridgehead atoms. The Morgan fingerprint density at radius 1 is 1.64 bits per heavy atom. The van der Waals surface area contributed by atoms with Crippen molar-refractivity contribution >= 4 is 0 Å². The van der Waals surface area contributed by atoms with Crippen molar-refractivity contribution in [2.24, 2.45) is 12.8 Å². The predicted octanol–water partition coefficient (Wildman–Crippen LogP) is 0.762. The molecule has 1 atom stereocenters. The van der Waals surface area contributed by atoms with Crippen LogP contribution in [-0.4, -0.2) is 34.8 Å². The highest BCUT2D eigenvalue weighted by Gasteiger charge is 2.13. The Morgan fingerprint density at radius 3 is 2.86 bits per heavy atom. The van der Waals surface area contributed by atoms with Gasteiger partial charge >= 0.3 is 0 Å². The second-order valence-electron chi connectivity index (χ2n) is 3.68. The molecule has 0 saturated carbocycles. The molecule has 1 aromatic heterocycles. The van der Waals surface area contributed by atoms with Crippen molar-refractivity contribution in [3.8, 4) is 0 Å². The first-order valence-corrected chi connectivity index (χ1v) is 5.05. The van der Waals surface area contributed by atoms with Gasteiger partial charge in [-0.3, -0.25) is 9.58 Å². The SMILES string of the molecule is CC(c1ccnn1C)N(C)CCCN. The van der Waals surface area contributed by atoms with E-state index in [9.17, 15) is 0 Å². The first kappa shape index (κ1) is 11.2. The number of hydrogen-bond acceptors (Lipinski definition) is 3. The summed E-state index contributed by atoms with van der Waals surface area (Å²) in [6.45, 7) is 3.97. The Morgan fingerprint density at radius 2 is 2.36 bits per heavy atom. The largest absolute Gasteiger partial charge is 0.330 e. The zero-order chi connectivity index (χ0) is 10.6. The molecule has 0 aliphatic heterocycles. The quantitative estimate of drug-likeness (QED) is 0.756. The number of aryl methyl sites for hydroxylation is 1. The molecule has 4 nitrogen and oxygen atoms in total. The zero-order valence-electron chi connectivity index (χ0n) is 9.27. The van der Waals surface area contributed by atoms with Crippen molar-refractivity contribution in [1.82, 2.24) is 14.7 Å². The fraction of sp³-hybridized carbons (Fsp3) is 0.700. The maximum Gasteiger partial charge on any atom is 0.0549 e. The van der Waals surface area contributed by atoms with Gasteiger partial charge in [0.15, 0.2) is 0 Å². The van der Waals surface area contributed by atoms with Crippen molar-refractivity contribution in [2.75, 3.05) is 20.1 Å². The summed E-state index contributed by atoms with van der Waals surface area (Å²) >= 11 is 0. The second kappa shape index (κ2) is 5.12. The smallest absolute Gasteiger partial charge is 0.0549 e. The lowest BCUT2D eigenvalue weighted by molar-refractivity contribution is 0.250. The lowest BCUT2D eigenvalue weighted by Crippen LogP contribution is -2.26. The molecule has 1 heterocycles. The first-order chi connectivity index (χ1) is 6.66. The third kappa shape index (κ3) is 2.56. The molecule has 1 unspecified atom stereocenters. The summed E-state index contributed by atoms with van der Waals surface area (Å²) in [4.78, 5) is 2.30. The van der Waals surface area contributed by atoms with Crippen molar-refractivity contribution in [2.45, 2.75) is 19.4 Å². The van der Waals surface area contributed by atoms with Gasteiger partial charge < -0.3 is 5.73 Å². The van der Waals surface area contributed by atoms with E-state index in [0.717, 1.165) is 19.5 Å². The molecule has 0 amide bonds. The summed E-state index contributed by atoms with van der Waals surface area (Å²) in [7, 11) is 4.09. The fourth-order valence-corrected chi connectivity index (χ4v) is 1.55. The lowest BCUT2D eigenvalue weighted by Gasteiger charge is -2.24. The molecule has 0 spiro atoms. The number of rotatable bonds is 5. The van der Waals surface area contributed by atoms with E-state index in [-0.39, 0.29) is 0 Å². The number of nitrogens with two attached hydrogens (primary N) is 1. The molecule has 0 aromatic carbocycles. The van der Waals surface area contributed by atoms with E-state index < -0.39 is 0 Å². The van der Waals surface area contributed by atoms with Crippen LogP contribution in [0.15, 0.2) is 12.3 Å². The molecule has 4 heteroatoms. The molecule has 1 aromatic rings. The maximum absolute atomic E-state index is 5.48. The van der Waals surface area contributed by atoms with Crippen molar-refractivity contribution in [3.05, 3.63) is 18.0 Å². The maximum atomic E-state index is 5.48. The normalized spacial score (nSPS) is 13.5. The number of aromatic nitrogens is 2. The Bertz CT molecular complexity index is 269. The van der Waals surface area contributed by atoms with Gasteiger partial charge in [-0.1, -0.05) is 0 Å². The third-order valence-electron chi connectivity index (χ3n) is 2.66. The molecule has 0 aliphatic rings. The van der Waals surface area contributed by atoms with Crippen LogP contribution in [-0.2, 0) is 7.05 Å². The molecule has 2 N–H and O–H groups in total. The van der Waals surface area contributed by atoms with Gasteiger partial charge in [-0.25, -0.2) is 0 Å². The van der Waals surface area contributed by atoms with Gasteiger partial charge in [-0.15, -0.1) is 0 Å². The topological polar surface area (TPSA) is 47.1 Å². The third-order valence-corrected chi connectivity index (χ3v) is 2.66. The molecule has 0 saturated heterocycles. The van der Waals surface area contributed by atoms with Crippen LogP contribution >= 0.6 is 0 Å². The van der Waals surface area contributed by atoms with Crippen LogP contribution in [0.1, 0.15) is 25.1 Å². The monoisotopic (exact) mass is 196 g/mol. The molecule has 0 aliphatic carbocycles. The van der Waals surface area contributed by atoms with Crippen molar-refractivity contribution in [3.63, 3.8) is 0 Å².